The van der Waals surface area contributed by atoms with Gasteiger partial charge in [0.05, 0.1) is 7.11 Å². The Morgan fingerprint density at radius 2 is 2.15 bits per heavy atom. The number of carbonyl (C=O) groups is 1. The number of rotatable bonds is 3. The van der Waals surface area contributed by atoms with Crippen LogP contribution in [-0.4, -0.2) is 22.9 Å². The van der Waals surface area contributed by atoms with Gasteiger partial charge in [0, 0.05) is 12.0 Å². The average Bonchev–Trinajstić information content (AvgIpc) is 2.16. The van der Waals surface area contributed by atoms with Crippen molar-refractivity contribution in [2.75, 3.05) is 7.11 Å². The van der Waals surface area contributed by atoms with Crippen LogP contribution >= 0.6 is 0 Å². The molecular formula is C9H12N2O2. The van der Waals surface area contributed by atoms with Gasteiger partial charge in [0.25, 0.3) is 0 Å². The highest BCUT2D eigenvalue weighted by Crippen LogP contribution is 2.10. The number of Topliss-reactive ketones (excluding diaryl/α,β-unsaturated/α-hetero) is 1. The number of aromatic nitrogens is 2. The van der Waals surface area contributed by atoms with Crippen molar-refractivity contribution in [2.45, 2.75) is 13.8 Å². The van der Waals surface area contributed by atoms with E-state index in [1.165, 1.54) is 13.4 Å². The van der Waals surface area contributed by atoms with Crippen LogP contribution in [0.4, 0.5) is 0 Å². The molecule has 13 heavy (non-hydrogen) atoms. The van der Waals surface area contributed by atoms with Crippen LogP contribution in [-0.2, 0) is 0 Å². The zero-order valence-corrected chi connectivity index (χ0v) is 7.94. The summed E-state index contributed by atoms with van der Waals surface area (Å²) in [6.45, 7) is 3.66. The van der Waals surface area contributed by atoms with E-state index in [-0.39, 0.29) is 11.7 Å². The van der Waals surface area contributed by atoms with E-state index in [9.17, 15) is 4.79 Å². The van der Waals surface area contributed by atoms with Crippen LogP contribution in [0.15, 0.2) is 12.4 Å². The summed E-state index contributed by atoms with van der Waals surface area (Å²) in [5.74, 6) is 0.360. The summed E-state index contributed by atoms with van der Waals surface area (Å²) in [7, 11) is 1.51. The Kier molecular flexibility index (Phi) is 2.95. The highest BCUT2D eigenvalue weighted by atomic mass is 16.5. The van der Waals surface area contributed by atoms with Crippen molar-refractivity contribution < 1.29 is 9.53 Å². The number of ketones is 1. The van der Waals surface area contributed by atoms with Gasteiger partial charge in [-0.05, 0) is 0 Å². The molecule has 0 aliphatic rings. The molecule has 0 spiro atoms. The largest absolute Gasteiger partial charge is 0.481 e. The molecule has 70 valence electrons. The third kappa shape index (κ3) is 2.24. The van der Waals surface area contributed by atoms with Crippen LogP contribution in [0.1, 0.15) is 24.3 Å². The van der Waals surface area contributed by atoms with Crippen molar-refractivity contribution in [3.05, 3.63) is 18.1 Å². The minimum Gasteiger partial charge on any atom is -0.481 e. The lowest BCUT2D eigenvalue weighted by Gasteiger charge is -2.03. The Bertz CT molecular complexity index is 310. The molecule has 0 aromatic carbocycles. The standard InChI is InChI=1S/C9H12N2O2/c1-6(2)9(12)7-4-8(13-3)11-5-10-7/h4-6H,1-3H3. The van der Waals surface area contributed by atoms with Gasteiger partial charge in [0.1, 0.15) is 12.0 Å². The molecule has 0 fully saturated rings. The summed E-state index contributed by atoms with van der Waals surface area (Å²) < 4.78 is 4.88. The lowest BCUT2D eigenvalue weighted by Crippen LogP contribution is -2.09. The van der Waals surface area contributed by atoms with Gasteiger partial charge in [-0.1, -0.05) is 13.8 Å². The van der Waals surface area contributed by atoms with Gasteiger partial charge in [-0.3, -0.25) is 4.79 Å². The zero-order valence-electron chi connectivity index (χ0n) is 7.94. The number of ether oxygens (including phenoxy) is 1. The third-order valence-electron chi connectivity index (χ3n) is 1.63. The fourth-order valence-corrected chi connectivity index (χ4v) is 0.882. The number of methoxy groups -OCH3 is 1. The molecule has 0 saturated carbocycles. The fourth-order valence-electron chi connectivity index (χ4n) is 0.882. The van der Waals surface area contributed by atoms with Gasteiger partial charge in [-0.15, -0.1) is 0 Å². The maximum atomic E-state index is 11.5. The van der Waals surface area contributed by atoms with Crippen molar-refractivity contribution in [2.24, 2.45) is 5.92 Å². The van der Waals surface area contributed by atoms with Crippen molar-refractivity contribution in [1.29, 1.82) is 0 Å². The first-order valence-electron chi connectivity index (χ1n) is 4.05. The normalized spacial score (nSPS) is 10.2. The molecule has 0 radical (unpaired) electrons. The second kappa shape index (κ2) is 3.98. The molecule has 0 bridgehead atoms. The summed E-state index contributed by atoms with van der Waals surface area (Å²) in [6.07, 6.45) is 1.33. The van der Waals surface area contributed by atoms with E-state index in [2.05, 4.69) is 9.97 Å². The molecule has 1 aromatic heterocycles. The molecule has 4 heteroatoms. The van der Waals surface area contributed by atoms with Gasteiger partial charge < -0.3 is 4.74 Å². The van der Waals surface area contributed by atoms with E-state index in [0.29, 0.717) is 11.6 Å². The predicted octanol–water partition coefficient (Wildman–Crippen LogP) is 1.32. The molecule has 4 nitrogen and oxygen atoms in total. The number of hydrogen-bond acceptors (Lipinski definition) is 4. The van der Waals surface area contributed by atoms with Gasteiger partial charge in [-0.2, -0.15) is 0 Å². The Hall–Kier alpha value is -1.45. The summed E-state index contributed by atoms with van der Waals surface area (Å²) in [5.41, 5.74) is 0.404. The van der Waals surface area contributed by atoms with Gasteiger partial charge >= 0.3 is 0 Å². The van der Waals surface area contributed by atoms with Crippen LogP contribution in [0.2, 0.25) is 0 Å². The highest BCUT2D eigenvalue weighted by molar-refractivity contribution is 5.95. The third-order valence-corrected chi connectivity index (χ3v) is 1.63. The second-order valence-electron chi connectivity index (χ2n) is 2.96. The molecular weight excluding hydrogens is 168 g/mol. The number of hydrogen-bond donors (Lipinski definition) is 0. The Labute approximate surface area is 77.0 Å². The first kappa shape index (κ1) is 9.64. The molecule has 1 heterocycles. The van der Waals surface area contributed by atoms with Crippen LogP contribution < -0.4 is 4.74 Å². The molecule has 0 atom stereocenters. The lowest BCUT2D eigenvalue weighted by atomic mass is 10.1. The Morgan fingerprint density at radius 1 is 1.46 bits per heavy atom. The maximum absolute atomic E-state index is 11.5. The predicted molar refractivity (Wildman–Crippen MR) is 47.8 cm³/mol. The molecule has 0 N–H and O–H groups in total. The molecule has 0 amide bonds. The molecule has 1 aromatic rings. The summed E-state index contributed by atoms with van der Waals surface area (Å²) in [4.78, 5) is 19.1. The van der Waals surface area contributed by atoms with Crippen molar-refractivity contribution in [1.82, 2.24) is 9.97 Å². The Balaban J connectivity index is 2.95. The van der Waals surface area contributed by atoms with Crippen LogP contribution in [0.5, 0.6) is 5.88 Å². The first-order chi connectivity index (χ1) is 6.15. The lowest BCUT2D eigenvalue weighted by molar-refractivity contribution is 0.0933. The molecule has 0 aliphatic carbocycles. The fraction of sp³-hybridized carbons (Fsp3) is 0.444. The maximum Gasteiger partial charge on any atom is 0.216 e. The topological polar surface area (TPSA) is 52.1 Å². The zero-order chi connectivity index (χ0) is 9.84. The first-order valence-corrected chi connectivity index (χ1v) is 4.05. The van der Waals surface area contributed by atoms with Gasteiger partial charge in [-0.25, -0.2) is 9.97 Å². The van der Waals surface area contributed by atoms with Crippen LogP contribution in [0.3, 0.4) is 0 Å². The number of nitrogens with zero attached hydrogens (tertiary/aromatic N) is 2. The van der Waals surface area contributed by atoms with E-state index in [1.807, 2.05) is 13.8 Å². The smallest absolute Gasteiger partial charge is 0.216 e. The van der Waals surface area contributed by atoms with Crippen LogP contribution in [0.25, 0.3) is 0 Å². The van der Waals surface area contributed by atoms with Crippen molar-refractivity contribution in [3.8, 4) is 5.88 Å². The molecule has 0 aliphatic heterocycles. The van der Waals surface area contributed by atoms with E-state index in [4.69, 9.17) is 4.74 Å². The SMILES string of the molecule is COc1cc(C(=O)C(C)C)ncn1. The summed E-state index contributed by atoms with van der Waals surface area (Å²) in [5, 5.41) is 0. The molecule has 0 saturated heterocycles. The minimum atomic E-state index is -0.0559. The van der Waals surface area contributed by atoms with E-state index < -0.39 is 0 Å². The van der Waals surface area contributed by atoms with Gasteiger partial charge in [0.15, 0.2) is 5.78 Å². The van der Waals surface area contributed by atoms with E-state index >= 15 is 0 Å². The van der Waals surface area contributed by atoms with Crippen molar-refractivity contribution >= 4 is 5.78 Å². The minimum absolute atomic E-state index is 0.000648. The average molecular weight is 180 g/mol. The number of carbonyl (C=O) groups excluding carboxylic acids is 1. The quantitative estimate of drug-likeness (QED) is 0.658. The Morgan fingerprint density at radius 3 is 2.69 bits per heavy atom. The molecule has 1 rings (SSSR count). The van der Waals surface area contributed by atoms with Crippen LogP contribution in [0, 0.1) is 5.92 Å². The summed E-state index contributed by atoms with van der Waals surface area (Å²) in [6, 6.07) is 1.54. The van der Waals surface area contributed by atoms with E-state index in [1.54, 1.807) is 6.07 Å². The monoisotopic (exact) mass is 180 g/mol. The highest BCUT2D eigenvalue weighted by Gasteiger charge is 2.12. The molecule has 0 unspecified atom stereocenters. The summed E-state index contributed by atoms with van der Waals surface area (Å²) >= 11 is 0. The second-order valence-corrected chi connectivity index (χ2v) is 2.96. The van der Waals surface area contributed by atoms with E-state index in [0.717, 1.165) is 0 Å². The van der Waals surface area contributed by atoms with Gasteiger partial charge in [0.2, 0.25) is 5.88 Å². The van der Waals surface area contributed by atoms with Crippen molar-refractivity contribution in [3.63, 3.8) is 0 Å².